The molecule has 1 aromatic heterocycles. The van der Waals surface area contributed by atoms with Crippen LogP contribution in [0.5, 0.6) is 0 Å². The molecule has 9 nitrogen and oxygen atoms in total. The number of aromatic nitrogens is 2. The van der Waals surface area contributed by atoms with Gasteiger partial charge in [-0.3, -0.25) is 9.59 Å². The number of hydrogen-bond acceptors (Lipinski definition) is 7. The first kappa shape index (κ1) is 32.7. The van der Waals surface area contributed by atoms with Gasteiger partial charge in [0.05, 0.1) is 11.3 Å². The molecule has 0 unspecified atom stereocenters. The van der Waals surface area contributed by atoms with E-state index in [-0.39, 0.29) is 47.8 Å². The first-order valence-electron chi connectivity index (χ1n) is 15.1. The van der Waals surface area contributed by atoms with Crippen LogP contribution in [0.25, 0.3) is 0 Å². The minimum atomic E-state index is -4.59. The second kappa shape index (κ2) is 14.5. The van der Waals surface area contributed by atoms with Crippen molar-refractivity contribution in [1.82, 2.24) is 30.0 Å². The van der Waals surface area contributed by atoms with E-state index in [2.05, 4.69) is 32.5 Å². The Morgan fingerprint density at radius 2 is 1.74 bits per heavy atom. The predicted molar refractivity (Wildman–Crippen MR) is 160 cm³/mol. The van der Waals surface area contributed by atoms with E-state index in [1.165, 1.54) is 0 Å². The number of anilines is 2. The molecule has 236 valence electrons. The van der Waals surface area contributed by atoms with Gasteiger partial charge in [-0.2, -0.15) is 13.2 Å². The number of carbonyl (C=O) groups is 2. The number of likely N-dealkylation sites (tertiary alicyclic amines) is 1. The number of rotatable bonds is 11. The Balaban J connectivity index is 1.37. The maximum Gasteiger partial charge on any atom is 0.419 e. The molecule has 12 heteroatoms. The summed E-state index contributed by atoms with van der Waals surface area (Å²) in [5, 5.41) is 5.95. The maximum absolute atomic E-state index is 13.8. The summed E-state index contributed by atoms with van der Waals surface area (Å²) in [5.41, 5.74) is 0.177. The summed E-state index contributed by atoms with van der Waals surface area (Å²) in [6, 6.07) is 7.00. The molecule has 0 bridgehead atoms. The molecule has 43 heavy (non-hydrogen) atoms. The minimum Gasteiger partial charge on any atom is -0.356 e. The molecule has 2 fully saturated rings. The molecule has 2 aromatic rings. The number of halogens is 3. The summed E-state index contributed by atoms with van der Waals surface area (Å²) >= 11 is 0. The lowest BCUT2D eigenvalue weighted by Crippen LogP contribution is -2.44. The average Bonchev–Trinajstić information content (AvgIpc) is 3.43. The van der Waals surface area contributed by atoms with Gasteiger partial charge < -0.3 is 25.3 Å². The molecule has 1 aromatic carbocycles. The molecule has 1 saturated carbocycles. The average molecular weight is 604 g/mol. The van der Waals surface area contributed by atoms with Crippen LogP contribution in [0.2, 0.25) is 0 Å². The van der Waals surface area contributed by atoms with E-state index in [1.807, 2.05) is 26.0 Å². The van der Waals surface area contributed by atoms with Crippen LogP contribution in [0.1, 0.15) is 60.1 Å². The molecule has 1 aliphatic carbocycles. The molecule has 4 rings (SSSR count). The molecule has 2 amide bonds. The summed E-state index contributed by atoms with van der Waals surface area (Å²) in [5.74, 6) is -0.308. The molecule has 2 heterocycles. The van der Waals surface area contributed by atoms with E-state index >= 15 is 0 Å². The van der Waals surface area contributed by atoms with Crippen molar-refractivity contribution in [2.45, 2.75) is 57.2 Å². The van der Waals surface area contributed by atoms with E-state index in [0.717, 1.165) is 45.1 Å². The van der Waals surface area contributed by atoms with Crippen LogP contribution >= 0.6 is 0 Å². The van der Waals surface area contributed by atoms with Gasteiger partial charge in [0.2, 0.25) is 11.9 Å². The molecule has 0 radical (unpaired) electrons. The summed E-state index contributed by atoms with van der Waals surface area (Å²) < 4.78 is 41.5. The van der Waals surface area contributed by atoms with Gasteiger partial charge in [0.25, 0.3) is 5.91 Å². The third kappa shape index (κ3) is 9.12. The summed E-state index contributed by atoms with van der Waals surface area (Å²) in [7, 11) is 7.85. The van der Waals surface area contributed by atoms with Crippen molar-refractivity contribution >= 4 is 23.5 Å². The molecule has 2 N–H and O–H groups in total. The molecule has 2 aliphatic rings. The number of alkyl halides is 3. The van der Waals surface area contributed by atoms with Crippen molar-refractivity contribution in [3.63, 3.8) is 0 Å². The van der Waals surface area contributed by atoms with Crippen LogP contribution in [-0.2, 0) is 17.4 Å². The highest BCUT2D eigenvalue weighted by Crippen LogP contribution is 2.37. The zero-order valence-electron chi connectivity index (χ0n) is 25.6. The molecular weight excluding hydrogens is 559 g/mol. The fourth-order valence-corrected chi connectivity index (χ4v) is 5.97. The largest absolute Gasteiger partial charge is 0.419 e. The highest BCUT2D eigenvalue weighted by Gasteiger charge is 2.37. The third-order valence-corrected chi connectivity index (χ3v) is 8.59. The lowest BCUT2D eigenvalue weighted by molar-refractivity contribution is -0.138. The zero-order valence-corrected chi connectivity index (χ0v) is 25.6. The van der Waals surface area contributed by atoms with E-state index < -0.39 is 11.7 Å². The maximum atomic E-state index is 13.8. The monoisotopic (exact) mass is 603 g/mol. The van der Waals surface area contributed by atoms with Crippen LogP contribution in [0, 0.1) is 11.8 Å². The fraction of sp³-hybridized carbons (Fsp3) is 0.613. The predicted octanol–water partition coefficient (Wildman–Crippen LogP) is 4.43. The first-order valence-corrected chi connectivity index (χ1v) is 15.1. The Bertz CT molecular complexity index is 1230. The highest BCUT2D eigenvalue weighted by molar-refractivity contribution is 5.94. The van der Waals surface area contributed by atoms with Gasteiger partial charge in [-0.15, -0.1) is 0 Å². The van der Waals surface area contributed by atoms with Crippen molar-refractivity contribution in [3.05, 3.63) is 47.3 Å². The SMILES string of the molecule is CN(C)CCCNC(=O)[C@H]1CC[C@@H](Cc2nc(Nc3ccc(C(=O)N(C)C4CCN(C)CC4)cc3)ncc2C(F)(F)F)C1. The van der Waals surface area contributed by atoms with Crippen molar-refractivity contribution in [2.24, 2.45) is 11.8 Å². The number of piperidine rings is 1. The van der Waals surface area contributed by atoms with Crippen molar-refractivity contribution in [2.75, 3.05) is 59.7 Å². The Morgan fingerprint density at radius 3 is 2.40 bits per heavy atom. The quantitative estimate of drug-likeness (QED) is 0.367. The highest BCUT2D eigenvalue weighted by atomic mass is 19.4. The second-order valence-electron chi connectivity index (χ2n) is 12.2. The Labute approximate surface area is 252 Å². The minimum absolute atomic E-state index is 0.0261. The van der Waals surface area contributed by atoms with Crippen molar-refractivity contribution in [3.8, 4) is 0 Å². The Kier molecular flexibility index (Phi) is 11.0. The standard InChI is InChI=1S/C31H44F3N7O2/c1-39(2)15-5-14-35-28(42)23-7-6-21(18-23)19-27-26(31(32,33)34)20-36-30(38-27)37-24-10-8-22(9-11-24)29(43)41(4)25-12-16-40(3)17-13-25/h8-11,20-21,23,25H,5-7,12-19H2,1-4H3,(H,35,42)(H,36,37,38)/t21-,23+/m1/s1. The third-order valence-electron chi connectivity index (χ3n) is 8.59. The van der Waals surface area contributed by atoms with Crippen LogP contribution in [0.15, 0.2) is 30.5 Å². The Hall–Kier alpha value is -3.25. The van der Waals surface area contributed by atoms with Gasteiger partial charge in [0.1, 0.15) is 0 Å². The second-order valence-corrected chi connectivity index (χ2v) is 12.2. The van der Waals surface area contributed by atoms with Gasteiger partial charge >= 0.3 is 6.18 Å². The van der Waals surface area contributed by atoms with Crippen LogP contribution < -0.4 is 10.6 Å². The fourth-order valence-electron chi connectivity index (χ4n) is 5.97. The number of benzene rings is 1. The van der Waals surface area contributed by atoms with Crippen LogP contribution in [0.4, 0.5) is 24.8 Å². The number of amides is 2. The summed E-state index contributed by atoms with van der Waals surface area (Å²) in [6.45, 7) is 3.36. The smallest absolute Gasteiger partial charge is 0.356 e. The number of nitrogens with one attached hydrogen (secondary N) is 2. The molecular formula is C31H44F3N7O2. The Morgan fingerprint density at radius 1 is 1.05 bits per heavy atom. The topological polar surface area (TPSA) is 93.7 Å². The molecule has 0 spiro atoms. The van der Waals surface area contributed by atoms with Crippen molar-refractivity contribution in [1.29, 1.82) is 0 Å². The molecule has 1 aliphatic heterocycles. The van der Waals surface area contributed by atoms with E-state index in [9.17, 15) is 22.8 Å². The van der Waals surface area contributed by atoms with Gasteiger partial charge in [0.15, 0.2) is 0 Å². The van der Waals surface area contributed by atoms with Gasteiger partial charge in [-0.25, -0.2) is 9.97 Å². The van der Waals surface area contributed by atoms with Crippen molar-refractivity contribution < 1.29 is 22.8 Å². The van der Waals surface area contributed by atoms with E-state index in [0.29, 0.717) is 37.1 Å². The zero-order chi connectivity index (χ0) is 31.1. The lowest BCUT2D eigenvalue weighted by Gasteiger charge is -2.35. The molecule has 2 atom stereocenters. The number of hydrogen-bond donors (Lipinski definition) is 2. The van der Waals surface area contributed by atoms with Gasteiger partial charge in [-0.1, -0.05) is 0 Å². The van der Waals surface area contributed by atoms with Gasteiger partial charge in [0, 0.05) is 43.0 Å². The number of nitrogens with zero attached hydrogens (tertiary/aromatic N) is 5. The normalized spacial score (nSPS) is 19.9. The van der Waals surface area contributed by atoms with E-state index in [1.54, 1.807) is 29.2 Å². The van der Waals surface area contributed by atoms with Crippen LogP contribution in [-0.4, -0.2) is 96.9 Å². The van der Waals surface area contributed by atoms with Gasteiger partial charge in [-0.05, 0) is 116 Å². The molecule has 1 saturated heterocycles. The first-order chi connectivity index (χ1) is 20.4. The summed E-state index contributed by atoms with van der Waals surface area (Å²) in [6.07, 6.45) is 0.907. The lowest BCUT2D eigenvalue weighted by atomic mass is 9.97. The van der Waals surface area contributed by atoms with E-state index in [4.69, 9.17) is 0 Å². The van der Waals surface area contributed by atoms with Crippen LogP contribution in [0.3, 0.4) is 0 Å². The number of carbonyl (C=O) groups excluding carboxylic acids is 2. The summed E-state index contributed by atoms with van der Waals surface area (Å²) in [4.78, 5) is 39.9.